The first-order chi connectivity index (χ1) is 19.9. The molecule has 2 saturated heterocycles. The monoisotopic (exact) mass is 613 g/mol. The molecule has 0 radical (unpaired) electrons. The number of pyridine rings is 1. The Labute approximate surface area is 250 Å². The highest BCUT2D eigenvalue weighted by Crippen LogP contribution is 2.40. The molecule has 2 aromatic heterocycles. The normalized spacial score (nSPS) is 17.5. The number of anilines is 2. The summed E-state index contributed by atoms with van der Waals surface area (Å²) in [4.78, 5) is 13.6. The predicted octanol–water partition coefficient (Wildman–Crippen LogP) is 5.27. The molecule has 0 spiro atoms. The van der Waals surface area contributed by atoms with Crippen LogP contribution in [-0.4, -0.2) is 59.9 Å². The zero-order valence-electron chi connectivity index (χ0n) is 23.1. The van der Waals surface area contributed by atoms with Gasteiger partial charge in [-0.2, -0.15) is 12.7 Å². The summed E-state index contributed by atoms with van der Waals surface area (Å²) < 4.78 is 51.3. The van der Waals surface area contributed by atoms with Crippen LogP contribution in [0.15, 0.2) is 54.9 Å². The molecule has 4 aromatic rings. The van der Waals surface area contributed by atoms with Gasteiger partial charge in [-0.3, -0.25) is 4.72 Å². The lowest BCUT2D eigenvalue weighted by atomic mass is 10.0. The van der Waals surface area contributed by atoms with Crippen molar-refractivity contribution in [2.75, 3.05) is 36.2 Å². The quantitative estimate of drug-likeness (QED) is 0.246. The highest BCUT2D eigenvalue weighted by molar-refractivity contribution is 7.90. The maximum Gasteiger partial charge on any atom is 0.301 e. The molecule has 3 N–H and O–H groups in total. The van der Waals surface area contributed by atoms with E-state index in [2.05, 4.69) is 25.3 Å². The molecule has 0 bridgehead atoms. The fourth-order valence-electron chi connectivity index (χ4n) is 5.32. The summed E-state index contributed by atoms with van der Waals surface area (Å²) in [6.45, 7) is 4.57. The molecule has 2 fully saturated rings. The summed E-state index contributed by atoms with van der Waals surface area (Å²) >= 11 is 0. The minimum Gasteiger partial charge on any atom is -0.437 e. The van der Waals surface area contributed by atoms with Crippen LogP contribution in [0.1, 0.15) is 31.2 Å². The van der Waals surface area contributed by atoms with E-state index in [0.717, 1.165) is 44.3 Å². The number of hydrogen-bond acceptors (Lipinski definition) is 8. The van der Waals surface area contributed by atoms with E-state index in [9.17, 15) is 8.42 Å². The molecule has 6 rings (SSSR count). The second-order valence-electron chi connectivity index (χ2n) is 10.4. The van der Waals surface area contributed by atoms with Crippen LogP contribution < -0.4 is 20.1 Å². The van der Waals surface area contributed by atoms with E-state index in [-0.39, 0.29) is 24.1 Å². The molecule has 2 aliphatic heterocycles. The van der Waals surface area contributed by atoms with E-state index in [1.54, 1.807) is 42.7 Å². The lowest BCUT2D eigenvalue weighted by molar-refractivity contribution is 0.466. The summed E-state index contributed by atoms with van der Waals surface area (Å²) in [7, 11) is -3.90. The van der Waals surface area contributed by atoms with Gasteiger partial charge >= 0.3 is 10.2 Å². The standard InChI is InChI=1S/C29H32FN7O3S.ClH/c1-19-8-9-21-22(10-11-24(30)26(21)36-41(38,39)37-16-2-3-17-37)27(19)40-28-23(7-5-14-32-28)25-12-15-33-29(35-25)34-20-6-4-13-31-18-20;/h5,7-12,14-15,20,31,36H,2-4,6,13,16-18H2,1H3,(H,33,34,35);1H/t20-;/m0./s1. The number of benzene rings is 2. The summed E-state index contributed by atoms with van der Waals surface area (Å²) in [6.07, 6.45) is 7.02. The van der Waals surface area contributed by atoms with Gasteiger partial charge in [0.2, 0.25) is 11.8 Å². The number of fused-ring (bicyclic) bond motifs is 1. The van der Waals surface area contributed by atoms with Gasteiger partial charge in [0, 0.05) is 48.8 Å². The Bertz CT molecular complexity index is 1680. The number of ether oxygens (including phenoxy) is 1. The molecular formula is C29H33ClFN7O3S. The van der Waals surface area contributed by atoms with Gasteiger partial charge in [-0.25, -0.2) is 19.3 Å². The lowest BCUT2D eigenvalue weighted by Crippen LogP contribution is -2.38. The maximum atomic E-state index is 15.1. The first kappa shape index (κ1) is 29.9. The van der Waals surface area contributed by atoms with Gasteiger partial charge in [0.05, 0.1) is 16.9 Å². The molecule has 0 aliphatic carbocycles. The van der Waals surface area contributed by atoms with E-state index < -0.39 is 16.0 Å². The van der Waals surface area contributed by atoms with Crippen LogP contribution in [0.25, 0.3) is 22.0 Å². The average Bonchev–Trinajstić information content (AvgIpc) is 3.53. The predicted molar refractivity (Wildman–Crippen MR) is 164 cm³/mol. The number of aryl methyl sites for hydroxylation is 1. The molecular weight excluding hydrogens is 581 g/mol. The van der Waals surface area contributed by atoms with Crippen molar-refractivity contribution in [2.24, 2.45) is 0 Å². The maximum absolute atomic E-state index is 15.1. The Morgan fingerprint density at radius 3 is 2.62 bits per heavy atom. The Hall–Kier alpha value is -3.58. The van der Waals surface area contributed by atoms with Crippen LogP contribution in [0.2, 0.25) is 0 Å². The first-order valence-electron chi connectivity index (χ1n) is 13.8. The van der Waals surface area contributed by atoms with Crippen LogP contribution in [0, 0.1) is 12.7 Å². The number of halogens is 2. The molecule has 0 amide bonds. The summed E-state index contributed by atoms with van der Waals surface area (Å²) in [5.74, 6) is 0.626. The van der Waals surface area contributed by atoms with Gasteiger partial charge in [-0.05, 0) is 75.0 Å². The van der Waals surface area contributed by atoms with Gasteiger partial charge in [0.1, 0.15) is 11.6 Å². The Kier molecular flexibility index (Phi) is 9.07. The summed E-state index contributed by atoms with van der Waals surface area (Å²) in [5.41, 5.74) is 1.97. The molecule has 1 atom stereocenters. The highest BCUT2D eigenvalue weighted by Gasteiger charge is 2.27. The molecule has 0 unspecified atom stereocenters. The minimum absolute atomic E-state index is 0. The van der Waals surface area contributed by atoms with E-state index in [4.69, 9.17) is 9.72 Å². The van der Waals surface area contributed by atoms with Crippen LogP contribution in [0.4, 0.5) is 16.0 Å². The van der Waals surface area contributed by atoms with Gasteiger partial charge in [0.25, 0.3) is 0 Å². The fraction of sp³-hybridized carbons (Fsp3) is 0.345. The SMILES string of the molecule is Cc1ccc2c(NS(=O)(=O)N3CCCC3)c(F)ccc2c1Oc1ncccc1-c1ccnc(N[C@H]2CCCNC2)n1.Cl. The van der Waals surface area contributed by atoms with Crippen LogP contribution in [0.5, 0.6) is 11.6 Å². The van der Waals surface area contributed by atoms with E-state index in [0.29, 0.717) is 52.7 Å². The van der Waals surface area contributed by atoms with Gasteiger partial charge in [-0.15, -0.1) is 12.4 Å². The summed E-state index contributed by atoms with van der Waals surface area (Å²) in [6, 6.07) is 12.0. The molecule has 2 aromatic carbocycles. The second kappa shape index (κ2) is 12.7. The number of nitrogens with one attached hydrogen (secondary N) is 3. The van der Waals surface area contributed by atoms with Crippen molar-refractivity contribution in [3.63, 3.8) is 0 Å². The Morgan fingerprint density at radius 1 is 1.02 bits per heavy atom. The zero-order chi connectivity index (χ0) is 28.4. The van der Waals surface area contributed by atoms with Crippen LogP contribution >= 0.6 is 12.4 Å². The Balaban J connectivity index is 0.00000353. The molecule has 0 saturated carbocycles. The largest absolute Gasteiger partial charge is 0.437 e. The molecule has 42 heavy (non-hydrogen) atoms. The topological polar surface area (TPSA) is 121 Å². The molecule has 13 heteroatoms. The van der Waals surface area contributed by atoms with Crippen molar-refractivity contribution in [3.8, 4) is 22.9 Å². The molecule has 4 heterocycles. The highest BCUT2D eigenvalue weighted by atomic mass is 35.5. The third-order valence-electron chi connectivity index (χ3n) is 7.46. The summed E-state index contributed by atoms with van der Waals surface area (Å²) in [5, 5.41) is 7.72. The van der Waals surface area contributed by atoms with Crippen molar-refractivity contribution >= 4 is 45.0 Å². The van der Waals surface area contributed by atoms with Gasteiger partial charge < -0.3 is 15.4 Å². The number of piperidine rings is 1. The third kappa shape index (κ3) is 6.26. The third-order valence-corrected chi connectivity index (χ3v) is 8.97. The average molecular weight is 614 g/mol. The number of aromatic nitrogens is 3. The van der Waals surface area contributed by atoms with Crippen molar-refractivity contribution in [3.05, 3.63) is 66.2 Å². The van der Waals surface area contributed by atoms with Crippen molar-refractivity contribution in [2.45, 2.75) is 38.6 Å². The van der Waals surface area contributed by atoms with Gasteiger partial charge in [-0.1, -0.05) is 12.1 Å². The zero-order valence-corrected chi connectivity index (χ0v) is 24.8. The fourth-order valence-corrected chi connectivity index (χ4v) is 6.65. The van der Waals surface area contributed by atoms with E-state index in [1.165, 1.54) is 10.4 Å². The van der Waals surface area contributed by atoms with Crippen LogP contribution in [0.3, 0.4) is 0 Å². The van der Waals surface area contributed by atoms with E-state index >= 15 is 4.39 Å². The Morgan fingerprint density at radius 2 is 1.83 bits per heavy atom. The molecule has 222 valence electrons. The molecule has 2 aliphatic rings. The number of nitrogens with zero attached hydrogens (tertiary/aromatic N) is 4. The second-order valence-corrected chi connectivity index (χ2v) is 12.0. The number of hydrogen-bond donors (Lipinski definition) is 3. The minimum atomic E-state index is -3.90. The smallest absolute Gasteiger partial charge is 0.301 e. The van der Waals surface area contributed by atoms with Crippen molar-refractivity contribution in [1.29, 1.82) is 0 Å². The van der Waals surface area contributed by atoms with E-state index in [1.807, 2.05) is 13.0 Å². The first-order valence-corrected chi connectivity index (χ1v) is 15.3. The van der Waals surface area contributed by atoms with Crippen molar-refractivity contribution < 1.29 is 17.5 Å². The van der Waals surface area contributed by atoms with Crippen molar-refractivity contribution in [1.82, 2.24) is 24.6 Å². The number of rotatable bonds is 8. The van der Waals surface area contributed by atoms with Gasteiger partial charge in [0.15, 0.2) is 0 Å². The van der Waals surface area contributed by atoms with Crippen LogP contribution in [-0.2, 0) is 10.2 Å². The molecule has 10 nitrogen and oxygen atoms in total. The lowest BCUT2D eigenvalue weighted by Gasteiger charge is -2.23.